The summed E-state index contributed by atoms with van der Waals surface area (Å²) in [6, 6.07) is 9.11. The van der Waals surface area contributed by atoms with Gasteiger partial charge in [-0.25, -0.2) is 0 Å². The van der Waals surface area contributed by atoms with Crippen LogP contribution in [0.15, 0.2) is 30.3 Å². The molecular formula is C19H26N4O3. The van der Waals surface area contributed by atoms with E-state index in [0.717, 1.165) is 24.8 Å². The highest BCUT2D eigenvalue weighted by atomic mass is 16.5. The lowest BCUT2D eigenvalue weighted by molar-refractivity contribution is 0.0947. The maximum Gasteiger partial charge on any atom is 0.271 e. The van der Waals surface area contributed by atoms with Crippen LogP contribution >= 0.6 is 0 Å². The van der Waals surface area contributed by atoms with Gasteiger partial charge in [0.05, 0.1) is 14.2 Å². The third-order valence-corrected chi connectivity index (χ3v) is 3.88. The molecule has 0 fully saturated rings. The molecule has 0 atom stereocenters. The van der Waals surface area contributed by atoms with Gasteiger partial charge in [-0.1, -0.05) is 25.8 Å². The summed E-state index contributed by atoms with van der Waals surface area (Å²) < 4.78 is 10.5. The number of hydrogen-bond acceptors (Lipinski definition) is 6. The van der Waals surface area contributed by atoms with Crippen LogP contribution < -0.4 is 20.1 Å². The predicted molar refractivity (Wildman–Crippen MR) is 101 cm³/mol. The van der Waals surface area contributed by atoms with Gasteiger partial charge in [0.15, 0.2) is 17.2 Å². The third kappa shape index (κ3) is 5.61. The van der Waals surface area contributed by atoms with Crippen molar-refractivity contribution >= 4 is 11.7 Å². The molecule has 0 saturated heterocycles. The quantitative estimate of drug-likeness (QED) is 0.635. The van der Waals surface area contributed by atoms with E-state index in [1.165, 1.54) is 0 Å². The number of amides is 1. The highest BCUT2D eigenvalue weighted by molar-refractivity contribution is 5.92. The number of carbonyl (C=O) groups excluding carboxylic acids is 1. The fraction of sp³-hybridized carbons (Fsp3) is 0.421. The summed E-state index contributed by atoms with van der Waals surface area (Å²) in [7, 11) is 3.21. The summed E-state index contributed by atoms with van der Waals surface area (Å²) in [4.78, 5) is 12.0. The van der Waals surface area contributed by atoms with E-state index in [1.807, 2.05) is 18.2 Å². The number of ether oxygens (including phenoxy) is 2. The molecule has 26 heavy (non-hydrogen) atoms. The van der Waals surface area contributed by atoms with Crippen molar-refractivity contribution in [3.8, 4) is 11.5 Å². The molecule has 0 aliphatic carbocycles. The molecule has 1 aromatic heterocycles. The number of carbonyl (C=O) groups is 1. The summed E-state index contributed by atoms with van der Waals surface area (Å²) >= 11 is 0. The van der Waals surface area contributed by atoms with Gasteiger partial charge in [-0.15, -0.1) is 10.2 Å². The number of hydrogen-bond donors (Lipinski definition) is 2. The number of nitrogens with zero attached hydrogens (tertiary/aromatic N) is 2. The lowest BCUT2D eigenvalue weighted by Gasteiger charge is -2.10. The number of rotatable bonds is 10. The van der Waals surface area contributed by atoms with Crippen molar-refractivity contribution in [1.82, 2.24) is 15.5 Å². The fourth-order valence-electron chi connectivity index (χ4n) is 2.40. The Balaban J connectivity index is 1.88. The number of anilines is 1. The van der Waals surface area contributed by atoms with Gasteiger partial charge in [0.1, 0.15) is 5.82 Å². The normalized spacial score (nSPS) is 10.3. The Kier molecular flexibility index (Phi) is 7.67. The van der Waals surface area contributed by atoms with Gasteiger partial charge >= 0.3 is 0 Å². The Hall–Kier alpha value is -2.83. The van der Waals surface area contributed by atoms with Crippen LogP contribution in [0.3, 0.4) is 0 Å². The average molecular weight is 358 g/mol. The monoisotopic (exact) mass is 358 g/mol. The Morgan fingerprint density at radius 1 is 1.04 bits per heavy atom. The Bertz CT molecular complexity index is 704. The first-order chi connectivity index (χ1) is 12.7. The highest BCUT2D eigenvalue weighted by Gasteiger charge is 2.08. The standard InChI is InChI=1S/C19H26N4O3/c1-4-5-6-11-20-19(24)15-8-10-18(23-22-15)21-13-14-7-9-16(25-2)17(12-14)26-3/h7-10,12H,4-6,11,13H2,1-3H3,(H,20,24)(H,21,23). The van der Waals surface area contributed by atoms with Crippen molar-refractivity contribution < 1.29 is 14.3 Å². The molecule has 0 radical (unpaired) electrons. The van der Waals surface area contributed by atoms with E-state index < -0.39 is 0 Å². The topological polar surface area (TPSA) is 85.4 Å². The third-order valence-electron chi connectivity index (χ3n) is 3.88. The van der Waals surface area contributed by atoms with Crippen LogP contribution in [-0.4, -0.2) is 36.9 Å². The lowest BCUT2D eigenvalue weighted by atomic mass is 10.2. The molecule has 7 heteroatoms. The zero-order valence-electron chi connectivity index (χ0n) is 15.5. The molecule has 0 unspecified atom stereocenters. The second-order valence-electron chi connectivity index (χ2n) is 5.81. The molecule has 0 saturated carbocycles. The second-order valence-corrected chi connectivity index (χ2v) is 5.81. The van der Waals surface area contributed by atoms with Crippen molar-refractivity contribution in [2.24, 2.45) is 0 Å². The maximum atomic E-state index is 12.0. The van der Waals surface area contributed by atoms with Crippen molar-refractivity contribution in [3.05, 3.63) is 41.6 Å². The number of nitrogens with one attached hydrogen (secondary N) is 2. The van der Waals surface area contributed by atoms with Crippen LogP contribution in [0, 0.1) is 0 Å². The molecule has 1 amide bonds. The number of unbranched alkanes of at least 4 members (excludes halogenated alkanes) is 2. The first kappa shape index (κ1) is 19.5. The SMILES string of the molecule is CCCCCNC(=O)c1ccc(NCc2ccc(OC)c(OC)c2)nn1. The van der Waals surface area contributed by atoms with Crippen LogP contribution in [0.1, 0.15) is 42.2 Å². The lowest BCUT2D eigenvalue weighted by Crippen LogP contribution is -2.25. The molecule has 7 nitrogen and oxygen atoms in total. The minimum Gasteiger partial charge on any atom is -0.493 e. The Labute approximate surface area is 154 Å². The zero-order valence-corrected chi connectivity index (χ0v) is 15.5. The number of aromatic nitrogens is 2. The average Bonchev–Trinajstić information content (AvgIpc) is 2.69. The highest BCUT2D eigenvalue weighted by Crippen LogP contribution is 2.27. The number of benzene rings is 1. The van der Waals surface area contributed by atoms with Gasteiger partial charge in [0, 0.05) is 13.1 Å². The zero-order chi connectivity index (χ0) is 18.8. The first-order valence-electron chi connectivity index (χ1n) is 8.74. The summed E-state index contributed by atoms with van der Waals surface area (Å²) in [5.41, 5.74) is 1.33. The van der Waals surface area contributed by atoms with Gasteiger partial charge in [0.25, 0.3) is 5.91 Å². The van der Waals surface area contributed by atoms with Gasteiger partial charge in [0.2, 0.25) is 0 Å². The van der Waals surface area contributed by atoms with Gasteiger partial charge in [-0.05, 0) is 36.2 Å². The van der Waals surface area contributed by atoms with Gasteiger partial charge in [-0.2, -0.15) is 0 Å². The second kappa shape index (κ2) is 10.2. The van der Waals surface area contributed by atoms with Gasteiger partial charge < -0.3 is 20.1 Å². The Morgan fingerprint density at radius 3 is 2.50 bits per heavy atom. The van der Waals surface area contributed by atoms with Crippen LogP contribution in [0.5, 0.6) is 11.5 Å². The summed E-state index contributed by atoms with van der Waals surface area (Å²) in [6.45, 7) is 3.34. The molecule has 0 aliphatic rings. The first-order valence-corrected chi connectivity index (χ1v) is 8.74. The van der Waals surface area contributed by atoms with Crippen LogP contribution in [0.2, 0.25) is 0 Å². The molecule has 1 aromatic carbocycles. The van der Waals surface area contributed by atoms with E-state index in [4.69, 9.17) is 9.47 Å². The van der Waals surface area contributed by atoms with E-state index in [9.17, 15) is 4.79 Å². The Morgan fingerprint density at radius 2 is 1.85 bits per heavy atom. The smallest absolute Gasteiger partial charge is 0.271 e. The van der Waals surface area contributed by atoms with Crippen molar-refractivity contribution in [1.29, 1.82) is 0 Å². The summed E-state index contributed by atoms with van der Waals surface area (Å²) in [6.07, 6.45) is 3.20. The molecular weight excluding hydrogens is 332 g/mol. The minimum atomic E-state index is -0.194. The van der Waals surface area contributed by atoms with Crippen LogP contribution in [0.4, 0.5) is 5.82 Å². The van der Waals surface area contributed by atoms with Crippen molar-refractivity contribution in [2.75, 3.05) is 26.1 Å². The van der Waals surface area contributed by atoms with Crippen LogP contribution in [0.25, 0.3) is 0 Å². The molecule has 1 heterocycles. The van der Waals surface area contributed by atoms with E-state index in [1.54, 1.807) is 26.4 Å². The minimum absolute atomic E-state index is 0.194. The van der Waals surface area contributed by atoms with Crippen molar-refractivity contribution in [3.63, 3.8) is 0 Å². The van der Waals surface area contributed by atoms with Crippen LogP contribution in [-0.2, 0) is 6.54 Å². The molecule has 2 rings (SSSR count). The van der Waals surface area contributed by atoms with E-state index in [-0.39, 0.29) is 5.91 Å². The van der Waals surface area contributed by atoms with E-state index >= 15 is 0 Å². The molecule has 0 spiro atoms. The fourth-order valence-corrected chi connectivity index (χ4v) is 2.40. The summed E-state index contributed by atoms with van der Waals surface area (Å²) in [5, 5.41) is 14.1. The largest absolute Gasteiger partial charge is 0.493 e. The number of methoxy groups -OCH3 is 2. The van der Waals surface area contributed by atoms with Crippen molar-refractivity contribution in [2.45, 2.75) is 32.7 Å². The molecule has 0 aliphatic heterocycles. The molecule has 0 bridgehead atoms. The molecule has 2 aromatic rings. The van der Waals surface area contributed by atoms with Gasteiger partial charge in [-0.3, -0.25) is 4.79 Å². The molecule has 2 N–H and O–H groups in total. The summed E-state index contributed by atoms with van der Waals surface area (Å²) in [5.74, 6) is 1.76. The van der Waals surface area contributed by atoms with E-state index in [2.05, 4.69) is 27.8 Å². The predicted octanol–water partition coefficient (Wildman–Crippen LogP) is 3.03. The maximum absolute atomic E-state index is 12.0. The van der Waals surface area contributed by atoms with E-state index in [0.29, 0.717) is 36.1 Å². The molecule has 140 valence electrons.